The van der Waals surface area contributed by atoms with E-state index >= 15 is 0 Å². The minimum Gasteiger partial charge on any atom is -0.321 e. The molecule has 7 heteroatoms. The summed E-state index contributed by atoms with van der Waals surface area (Å²) in [5, 5.41) is 0.970. The van der Waals surface area contributed by atoms with E-state index in [1.54, 1.807) is 18.3 Å². The van der Waals surface area contributed by atoms with E-state index < -0.39 is 0 Å². The van der Waals surface area contributed by atoms with Gasteiger partial charge in [0.2, 0.25) is 0 Å². The molecule has 0 radical (unpaired) electrons. The van der Waals surface area contributed by atoms with E-state index in [9.17, 15) is 0 Å². The van der Waals surface area contributed by atoms with Gasteiger partial charge in [-0.05, 0) is 25.1 Å². The highest BCUT2D eigenvalue weighted by Crippen LogP contribution is 2.29. The molecule has 0 amide bonds. The van der Waals surface area contributed by atoms with Crippen molar-refractivity contribution in [3.8, 4) is 0 Å². The molecular formula is C14H11Cl3N4. The van der Waals surface area contributed by atoms with E-state index in [2.05, 4.69) is 15.0 Å². The van der Waals surface area contributed by atoms with Gasteiger partial charge >= 0.3 is 0 Å². The second kappa shape index (κ2) is 5.79. The lowest BCUT2D eigenvalue weighted by Gasteiger charge is -2.08. The highest BCUT2D eigenvalue weighted by Gasteiger charge is 2.13. The highest BCUT2D eigenvalue weighted by molar-refractivity contribution is 6.42. The molecule has 0 aliphatic heterocycles. The minimum absolute atomic E-state index is 0.300. The van der Waals surface area contributed by atoms with Crippen molar-refractivity contribution in [3.05, 3.63) is 51.8 Å². The third-order valence-electron chi connectivity index (χ3n) is 3.14. The van der Waals surface area contributed by atoms with Gasteiger partial charge in [-0.3, -0.25) is 0 Å². The van der Waals surface area contributed by atoms with Gasteiger partial charge in [0.05, 0.1) is 39.2 Å². The van der Waals surface area contributed by atoms with Crippen LogP contribution in [-0.2, 0) is 12.4 Å². The van der Waals surface area contributed by atoms with E-state index in [1.165, 1.54) is 0 Å². The van der Waals surface area contributed by atoms with Crippen molar-refractivity contribution in [1.82, 2.24) is 19.5 Å². The lowest BCUT2D eigenvalue weighted by atomic mass is 10.3. The number of alkyl halides is 1. The summed E-state index contributed by atoms with van der Waals surface area (Å²) in [5.74, 6) is 1.78. The first-order valence-corrected chi connectivity index (χ1v) is 7.56. The van der Waals surface area contributed by atoms with Gasteiger partial charge in [-0.15, -0.1) is 11.6 Å². The number of halogens is 3. The first kappa shape index (κ1) is 14.6. The Morgan fingerprint density at radius 3 is 2.62 bits per heavy atom. The van der Waals surface area contributed by atoms with Crippen LogP contribution in [0.25, 0.3) is 11.0 Å². The van der Waals surface area contributed by atoms with E-state index in [0.717, 1.165) is 28.4 Å². The number of imidazole rings is 1. The molecule has 0 saturated heterocycles. The lowest BCUT2D eigenvalue weighted by Crippen LogP contribution is -2.06. The number of nitrogens with zero attached hydrogens (tertiary/aromatic N) is 4. The first-order chi connectivity index (χ1) is 10.1. The van der Waals surface area contributed by atoms with Crippen LogP contribution >= 0.6 is 34.8 Å². The summed E-state index contributed by atoms with van der Waals surface area (Å²) in [6, 6.07) is 5.42. The standard InChI is InChI=1S/C14H11Cl3N4/c1-8-18-3-2-9(19-8)7-21-13-5-11(17)10(16)4-12(13)20-14(21)6-15/h2-5H,6-7H2,1H3. The fourth-order valence-electron chi connectivity index (χ4n) is 2.20. The quantitative estimate of drug-likeness (QED) is 0.670. The largest absolute Gasteiger partial charge is 0.321 e. The number of aryl methyl sites for hydroxylation is 1. The molecule has 0 spiro atoms. The summed E-state index contributed by atoms with van der Waals surface area (Å²) in [6.45, 7) is 2.41. The second-order valence-electron chi connectivity index (χ2n) is 4.60. The summed E-state index contributed by atoms with van der Waals surface area (Å²) in [5.41, 5.74) is 2.54. The Balaban J connectivity index is 2.14. The summed E-state index contributed by atoms with van der Waals surface area (Å²) in [7, 11) is 0. The summed E-state index contributed by atoms with van der Waals surface area (Å²) < 4.78 is 1.99. The van der Waals surface area contributed by atoms with Crippen molar-refractivity contribution in [3.63, 3.8) is 0 Å². The summed E-state index contributed by atoms with van der Waals surface area (Å²) in [6.07, 6.45) is 1.74. The molecule has 0 N–H and O–H groups in total. The Labute approximate surface area is 136 Å². The molecule has 21 heavy (non-hydrogen) atoms. The van der Waals surface area contributed by atoms with Crippen molar-refractivity contribution in [2.45, 2.75) is 19.3 Å². The molecule has 1 aromatic carbocycles. The van der Waals surface area contributed by atoms with Gasteiger partial charge in [0.1, 0.15) is 11.6 Å². The number of benzene rings is 1. The average Bonchev–Trinajstić information content (AvgIpc) is 2.77. The number of aromatic nitrogens is 4. The molecule has 0 atom stereocenters. The molecule has 0 saturated carbocycles. The van der Waals surface area contributed by atoms with Gasteiger partial charge in [-0.2, -0.15) is 0 Å². The third-order valence-corrected chi connectivity index (χ3v) is 4.10. The van der Waals surface area contributed by atoms with E-state index in [4.69, 9.17) is 34.8 Å². The van der Waals surface area contributed by atoms with Crippen LogP contribution in [0.1, 0.15) is 17.3 Å². The Morgan fingerprint density at radius 1 is 1.14 bits per heavy atom. The first-order valence-electron chi connectivity index (χ1n) is 6.27. The normalized spacial score (nSPS) is 11.2. The molecule has 108 valence electrons. The molecule has 2 aromatic heterocycles. The highest BCUT2D eigenvalue weighted by atomic mass is 35.5. The van der Waals surface area contributed by atoms with E-state index in [-0.39, 0.29) is 0 Å². The van der Waals surface area contributed by atoms with Crippen LogP contribution in [0.5, 0.6) is 0 Å². The van der Waals surface area contributed by atoms with Gasteiger partial charge in [0.15, 0.2) is 0 Å². The number of hydrogen-bond acceptors (Lipinski definition) is 3. The maximum absolute atomic E-state index is 6.11. The van der Waals surface area contributed by atoms with Crippen LogP contribution < -0.4 is 0 Å². The minimum atomic E-state index is 0.300. The van der Waals surface area contributed by atoms with Crippen molar-refractivity contribution in [2.24, 2.45) is 0 Å². The molecule has 0 bridgehead atoms. The van der Waals surface area contributed by atoms with Gasteiger partial charge in [0.25, 0.3) is 0 Å². The van der Waals surface area contributed by atoms with Crippen LogP contribution in [-0.4, -0.2) is 19.5 Å². The van der Waals surface area contributed by atoms with Gasteiger partial charge < -0.3 is 4.57 Å². The fourth-order valence-corrected chi connectivity index (χ4v) is 2.72. The predicted molar refractivity (Wildman–Crippen MR) is 85.2 cm³/mol. The number of fused-ring (bicyclic) bond motifs is 1. The predicted octanol–water partition coefficient (Wildman–Crippen LogP) is 4.23. The lowest BCUT2D eigenvalue weighted by molar-refractivity contribution is 0.749. The van der Waals surface area contributed by atoms with Crippen LogP contribution in [0.3, 0.4) is 0 Å². The molecule has 0 aliphatic rings. The molecule has 0 fully saturated rings. The molecular weight excluding hydrogens is 331 g/mol. The molecule has 3 aromatic rings. The zero-order valence-electron chi connectivity index (χ0n) is 11.1. The van der Waals surface area contributed by atoms with E-state index in [0.29, 0.717) is 22.5 Å². The SMILES string of the molecule is Cc1nccc(Cn2c(CCl)nc3cc(Cl)c(Cl)cc32)n1. The maximum Gasteiger partial charge on any atom is 0.125 e. The molecule has 0 aliphatic carbocycles. The van der Waals surface area contributed by atoms with Crippen molar-refractivity contribution in [2.75, 3.05) is 0 Å². The smallest absolute Gasteiger partial charge is 0.125 e. The van der Waals surface area contributed by atoms with E-state index in [1.807, 2.05) is 17.6 Å². The molecule has 2 heterocycles. The number of rotatable bonds is 3. The Kier molecular flexibility index (Phi) is 4.02. The zero-order chi connectivity index (χ0) is 15.0. The summed E-state index contributed by atoms with van der Waals surface area (Å²) >= 11 is 18.1. The van der Waals surface area contributed by atoms with Crippen LogP contribution in [0.4, 0.5) is 0 Å². The third kappa shape index (κ3) is 2.84. The zero-order valence-corrected chi connectivity index (χ0v) is 13.4. The molecule has 0 unspecified atom stereocenters. The van der Waals surface area contributed by atoms with Crippen molar-refractivity contribution >= 4 is 45.8 Å². The monoisotopic (exact) mass is 340 g/mol. The van der Waals surface area contributed by atoms with Gasteiger partial charge in [-0.25, -0.2) is 15.0 Å². The van der Waals surface area contributed by atoms with Crippen molar-refractivity contribution in [1.29, 1.82) is 0 Å². The van der Waals surface area contributed by atoms with Gasteiger partial charge in [0, 0.05) is 6.20 Å². The van der Waals surface area contributed by atoms with Crippen LogP contribution in [0.2, 0.25) is 10.0 Å². The fraction of sp³-hybridized carbons (Fsp3) is 0.214. The van der Waals surface area contributed by atoms with Gasteiger partial charge in [-0.1, -0.05) is 23.2 Å². The second-order valence-corrected chi connectivity index (χ2v) is 5.68. The maximum atomic E-state index is 6.11. The Bertz CT molecular complexity index is 813. The Hall–Kier alpha value is -1.36. The number of hydrogen-bond donors (Lipinski definition) is 0. The Morgan fingerprint density at radius 2 is 1.90 bits per heavy atom. The topological polar surface area (TPSA) is 43.6 Å². The summed E-state index contributed by atoms with van der Waals surface area (Å²) in [4.78, 5) is 13.0. The molecule has 3 rings (SSSR count). The van der Waals surface area contributed by atoms with Crippen LogP contribution in [0, 0.1) is 6.92 Å². The average molecular weight is 342 g/mol. The molecule has 4 nitrogen and oxygen atoms in total. The van der Waals surface area contributed by atoms with Crippen LogP contribution in [0.15, 0.2) is 24.4 Å². The van der Waals surface area contributed by atoms with Crippen molar-refractivity contribution < 1.29 is 0 Å².